The highest BCUT2D eigenvalue weighted by Gasteiger charge is 2.31. The molecule has 0 atom stereocenters. The van der Waals surface area contributed by atoms with Gasteiger partial charge in [0.15, 0.2) is 5.82 Å². The quantitative estimate of drug-likeness (QED) is 0.181. The average Bonchev–Trinajstić information content (AvgIpc) is 3.24. The highest BCUT2D eigenvalue weighted by Crippen LogP contribution is 2.35. The van der Waals surface area contributed by atoms with Crippen molar-refractivity contribution in [3.8, 4) is 17.2 Å². The molecule has 17 heteroatoms. The smallest absolute Gasteiger partial charge is 0.456 e. The molecule has 2 aromatic heterocycles. The number of alkyl halides is 3. The van der Waals surface area contributed by atoms with E-state index in [-0.39, 0.29) is 66.8 Å². The molecule has 0 aliphatic heterocycles. The second-order valence-corrected chi connectivity index (χ2v) is 8.00. The first-order chi connectivity index (χ1) is 18.1. The van der Waals surface area contributed by atoms with Crippen LogP contribution in [0.15, 0.2) is 61.1 Å². The van der Waals surface area contributed by atoms with Gasteiger partial charge in [-0.15, -0.1) is 50.4 Å². The van der Waals surface area contributed by atoms with Gasteiger partial charge in [-0.05, 0) is 36.4 Å². The lowest BCUT2D eigenvalue weighted by molar-refractivity contribution is -0.274. The highest BCUT2D eigenvalue weighted by atomic mass is 35.5. The number of hydrogen-bond donors (Lipinski definition) is 4. The fraction of sp³-hybridized carbons (Fsp3) is 0.208. The summed E-state index contributed by atoms with van der Waals surface area (Å²) in [6.45, 7) is 0.927. The summed E-state index contributed by atoms with van der Waals surface area (Å²) in [6.07, 6.45) is -1.38. The van der Waals surface area contributed by atoms with Gasteiger partial charge in [0.05, 0.1) is 17.1 Å². The van der Waals surface area contributed by atoms with E-state index >= 15 is 0 Å². The van der Waals surface area contributed by atoms with Gasteiger partial charge in [-0.3, -0.25) is 4.79 Å². The van der Waals surface area contributed by atoms with Crippen LogP contribution in [0.4, 0.5) is 24.7 Å². The van der Waals surface area contributed by atoms with Gasteiger partial charge in [-0.1, -0.05) is 17.7 Å². The van der Waals surface area contributed by atoms with Crippen LogP contribution in [0.5, 0.6) is 17.2 Å². The number of primary amides is 1. The predicted octanol–water partition coefficient (Wildman–Crippen LogP) is 5.60. The van der Waals surface area contributed by atoms with Crippen LogP contribution in [-0.2, 0) is 11.3 Å². The second-order valence-electron chi connectivity index (χ2n) is 7.59. The maximum Gasteiger partial charge on any atom is 0.573 e. The molecule has 0 spiro atoms. The fourth-order valence-corrected chi connectivity index (χ4v) is 3.44. The Bertz CT molecular complexity index is 1400. The van der Waals surface area contributed by atoms with E-state index in [9.17, 15) is 18.0 Å². The molecule has 6 N–H and O–H groups in total. The number of aromatic nitrogens is 3. The Kier molecular flexibility index (Phi) is 16.2. The number of nitrogens with one attached hydrogen (secondary N) is 1. The van der Waals surface area contributed by atoms with Gasteiger partial charge in [-0.2, -0.15) is 0 Å². The molecule has 1 amide bonds. The third-order valence-corrected chi connectivity index (χ3v) is 5.04. The molecule has 2 aromatic carbocycles. The average molecular weight is 662 g/mol. The van der Waals surface area contributed by atoms with E-state index in [0.29, 0.717) is 24.6 Å². The number of aliphatic hydroxyl groups excluding tert-OH is 1. The standard InChI is InChI=1S/C21H17ClF3N5O2.C3H7NO2.3ClH/c22-16-10-13(29-20-19-17(27-12-28-20)6-8-30(19)9-7-26)4-5-18(16)31-14-2-1-3-15(11-14)32-21(23,24)25;4-3(6)1-2-5;;;/h1-6,8,10-12H,7,9,26H2,(H,27,28,29);5H,1-2H2,(H2,4,6);3*1H. The van der Waals surface area contributed by atoms with Gasteiger partial charge >= 0.3 is 6.36 Å². The Morgan fingerprint density at radius 3 is 2.37 bits per heavy atom. The van der Waals surface area contributed by atoms with Crippen LogP contribution in [0.2, 0.25) is 5.02 Å². The van der Waals surface area contributed by atoms with Crippen LogP contribution in [0.1, 0.15) is 6.42 Å². The van der Waals surface area contributed by atoms with Crippen molar-refractivity contribution in [2.45, 2.75) is 19.3 Å². The Morgan fingerprint density at radius 2 is 1.78 bits per heavy atom. The molecule has 2 heterocycles. The van der Waals surface area contributed by atoms with E-state index in [1.807, 2.05) is 16.8 Å². The summed E-state index contributed by atoms with van der Waals surface area (Å²) in [6, 6.07) is 12.0. The van der Waals surface area contributed by atoms with Crippen molar-refractivity contribution < 1.29 is 32.5 Å². The summed E-state index contributed by atoms with van der Waals surface area (Å²) in [5, 5.41) is 11.4. The lowest BCUT2D eigenvalue weighted by atomic mass is 10.2. The third kappa shape index (κ3) is 11.7. The van der Waals surface area contributed by atoms with Gasteiger partial charge in [0.2, 0.25) is 5.91 Å². The molecule has 0 radical (unpaired) electrons. The van der Waals surface area contributed by atoms with Crippen molar-refractivity contribution in [1.82, 2.24) is 14.5 Å². The maximum absolute atomic E-state index is 12.4. The van der Waals surface area contributed by atoms with E-state index < -0.39 is 18.0 Å². The number of ether oxygens (including phenoxy) is 2. The lowest BCUT2D eigenvalue weighted by Gasteiger charge is -2.13. The second kappa shape index (κ2) is 17.6. The minimum Gasteiger partial charge on any atom is -0.456 e. The SMILES string of the molecule is Cl.Cl.Cl.NC(=O)CCO.NCCn1ccc2ncnc(Nc3ccc(Oc4cccc(OC(F)(F)F)c4)c(Cl)c3)c21. The van der Waals surface area contributed by atoms with Crippen molar-refractivity contribution in [2.75, 3.05) is 18.5 Å². The molecule has 226 valence electrons. The number of carbonyl (C=O) groups is 1. The number of amides is 1. The van der Waals surface area contributed by atoms with Crippen LogP contribution in [0.25, 0.3) is 11.0 Å². The Labute approximate surface area is 256 Å². The van der Waals surface area contributed by atoms with Crippen molar-refractivity contribution in [3.05, 3.63) is 66.1 Å². The molecule has 0 aliphatic carbocycles. The summed E-state index contributed by atoms with van der Waals surface area (Å²) < 4.78 is 48.8. The molecule has 0 aliphatic rings. The van der Waals surface area contributed by atoms with Crippen LogP contribution in [-0.4, -0.2) is 45.1 Å². The Hall–Kier alpha value is -3.20. The fourth-order valence-electron chi connectivity index (χ4n) is 3.22. The number of halogens is 7. The first kappa shape index (κ1) is 37.8. The minimum absolute atomic E-state index is 0. The van der Waals surface area contributed by atoms with Crippen LogP contribution in [0, 0.1) is 0 Å². The lowest BCUT2D eigenvalue weighted by Crippen LogP contribution is -2.17. The number of hydrogen-bond acceptors (Lipinski definition) is 8. The number of rotatable bonds is 9. The van der Waals surface area contributed by atoms with E-state index in [1.165, 1.54) is 24.5 Å². The summed E-state index contributed by atoms with van der Waals surface area (Å²) >= 11 is 6.34. The minimum atomic E-state index is -4.79. The molecule has 4 aromatic rings. The molecular weight excluding hydrogens is 635 g/mol. The van der Waals surface area contributed by atoms with Gasteiger partial charge in [0.25, 0.3) is 0 Å². The van der Waals surface area contributed by atoms with Crippen LogP contribution < -0.4 is 26.3 Å². The molecule has 0 bridgehead atoms. The molecule has 0 unspecified atom stereocenters. The van der Waals surface area contributed by atoms with Crippen molar-refractivity contribution in [3.63, 3.8) is 0 Å². The molecule has 4 rings (SSSR count). The van der Waals surface area contributed by atoms with E-state index in [2.05, 4.69) is 25.8 Å². The number of nitrogens with two attached hydrogens (primary N) is 2. The molecular formula is C24H27Cl4F3N6O4. The molecule has 0 fully saturated rings. The molecule has 10 nitrogen and oxygen atoms in total. The van der Waals surface area contributed by atoms with Crippen molar-refractivity contribution in [2.24, 2.45) is 11.5 Å². The van der Waals surface area contributed by atoms with Crippen LogP contribution in [0.3, 0.4) is 0 Å². The maximum atomic E-state index is 12.4. The van der Waals surface area contributed by atoms with E-state index in [0.717, 1.165) is 17.1 Å². The van der Waals surface area contributed by atoms with Crippen molar-refractivity contribution >= 4 is 77.3 Å². The summed E-state index contributed by atoms with van der Waals surface area (Å²) in [7, 11) is 0. The Balaban J connectivity index is 0.00000161. The molecule has 0 saturated carbocycles. The van der Waals surface area contributed by atoms with Gasteiger partial charge < -0.3 is 35.9 Å². The van der Waals surface area contributed by atoms with E-state index in [4.69, 9.17) is 27.2 Å². The largest absolute Gasteiger partial charge is 0.573 e. The first-order valence-corrected chi connectivity index (χ1v) is 11.5. The molecule has 0 saturated heterocycles. The summed E-state index contributed by atoms with van der Waals surface area (Å²) in [5.74, 6) is 0.137. The number of carbonyl (C=O) groups excluding carboxylic acids is 1. The predicted molar refractivity (Wildman–Crippen MR) is 157 cm³/mol. The number of nitrogens with zero attached hydrogens (tertiary/aromatic N) is 3. The molecule has 41 heavy (non-hydrogen) atoms. The number of aliphatic hydroxyl groups is 1. The van der Waals surface area contributed by atoms with Gasteiger partial charge in [0.1, 0.15) is 29.1 Å². The third-order valence-electron chi connectivity index (χ3n) is 4.74. The van der Waals surface area contributed by atoms with E-state index in [1.54, 1.807) is 18.2 Å². The normalized spacial score (nSPS) is 10.2. The highest BCUT2D eigenvalue weighted by molar-refractivity contribution is 6.32. The zero-order valence-electron chi connectivity index (χ0n) is 21.0. The zero-order chi connectivity index (χ0) is 27.7. The summed E-state index contributed by atoms with van der Waals surface area (Å²) in [4.78, 5) is 18.2. The van der Waals surface area contributed by atoms with Gasteiger partial charge in [0, 0.05) is 37.5 Å². The first-order valence-electron chi connectivity index (χ1n) is 11.1. The number of anilines is 2. The Morgan fingerprint density at radius 1 is 1.07 bits per heavy atom. The monoisotopic (exact) mass is 660 g/mol. The van der Waals surface area contributed by atoms with Gasteiger partial charge in [-0.25, -0.2) is 9.97 Å². The number of benzene rings is 2. The number of fused-ring (bicyclic) bond motifs is 1. The van der Waals surface area contributed by atoms with Crippen LogP contribution >= 0.6 is 48.8 Å². The zero-order valence-corrected chi connectivity index (χ0v) is 24.2. The topological polar surface area (TPSA) is 151 Å². The summed E-state index contributed by atoms with van der Waals surface area (Å²) in [5.41, 5.74) is 12.5. The van der Waals surface area contributed by atoms with Crippen molar-refractivity contribution in [1.29, 1.82) is 0 Å².